The molecule has 0 atom stereocenters. The second kappa shape index (κ2) is 8.08. The number of hydrogen-bond acceptors (Lipinski definition) is 4. The molecule has 3 rings (SSSR count). The first kappa shape index (κ1) is 18.0. The third-order valence-electron chi connectivity index (χ3n) is 3.53. The van der Waals surface area contributed by atoms with Gasteiger partial charge in [0.2, 0.25) is 0 Å². The largest absolute Gasteiger partial charge is 0.495 e. The first-order chi connectivity index (χ1) is 12.5. The molecule has 1 amide bonds. The summed E-state index contributed by atoms with van der Waals surface area (Å²) in [6.45, 7) is 0. The van der Waals surface area contributed by atoms with Gasteiger partial charge in [0.25, 0.3) is 5.91 Å². The third kappa shape index (κ3) is 4.45. The molecule has 0 aliphatic rings. The van der Waals surface area contributed by atoms with Crippen LogP contribution in [0.25, 0.3) is 0 Å². The van der Waals surface area contributed by atoms with Crippen molar-refractivity contribution in [1.82, 2.24) is 4.98 Å². The van der Waals surface area contributed by atoms with Gasteiger partial charge in [0, 0.05) is 16.3 Å². The fourth-order valence-electron chi connectivity index (χ4n) is 2.27. The van der Waals surface area contributed by atoms with Crippen LogP contribution in [0.4, 0.5) is 17.2 Å². The zero-order valence-corrected chi connectivity index (χ0v) is 15.3. The van der Waals surface area contributed by atoms with E-state index in [4.69, 9.17) is 27.9 Å². The maximum Gasteiger partial charge on any atom is 0.255 e. The number of nitrogens with zero attached hydrogens (tertiary/aromatic N) is 1. The van der Waals surface area contributed by atoms with Crippen molar-refractivity contribution >= 4 is 46.3 Å². The molecule has 0 radical (unpaired) electrons. The third-order valence-corrected chi connectivity index (χ3v) is 4.06. The number of methoxy groups -OCH3 is 1. The van der Waals surface area contributed by atoms with Gasteiger partial charge in [-0.15, -0.1) is 0 Å². The Morgan fingerprint density at radius 2 is 1.85 bits per heavy atom. The molecule has 2 aromatic carbocycles. The van der Waals surface area contributed by atoms with Gasteiger partial charge in [-0.3, -0.25) is 4.79 Å². The molecule has 0 unspecified atom stereocenters. The molecule has 0 aliphatic carbocycles. The van der Waals surface area contributed by atoms with Crippen molar-refractivity contribution in [3.8, 4) is 5.75 Å². The lowest BCUT2D eigenvalue weighted by Crippen LogP contribution is -2.12. The number of aromatic nitrogens is 1. The first-order valence-corrected chi connectivity index (χ1v) is 8.44. The predicted octanol–water partition coefficient (Wildman–Crippen LogP) is 5.39. The highest BCUT2D eigenvalue weighted by Gasteiger charge is 2.07. The van der Waals surface area contributed by atoms with Gasteiger partial charge in [-0.1, -0.05) is 29.3 Å². The Bertz CT molecular complexity index is 930. The molecule has 2 N–H and O–H groups in total. The maximum atomic E-state index is 12.2. The van der Waals surface area contributed by atoms with Gasteiger partial charge in [-0.25, -0.2) is 4.98 Å². The monoisotopic (exact) mass is 387 g/mol. The lowest BCUT2D eigenvalue weighted by atomic mass is 10.2. The molecule has 1 aromatic heterocycles. The van der Waals surface area contributed by atoms with Gasteiger partial charge >= 0.3 is 0 Å². The van der Waals surface area contributed by atoms with Gasteiger partial charge in [0.05, 0.1) is 24.0 Å². The van der Waals surface area contributed by atoms with Crippen molar-refractivity contribution in [3.05, 3.63) is 76.4 Å². The first-order valence-electron chi connectivity index (χ1n) is 7.69. The Balaban J connectivity index is 1.66. The number of ether oxygens (including phenoxy) is 1. The molecule has 0 fully saturated rings. The lowest BCUT2D eigenvalue weighted by Gasteiger charge is -2.09. The van der Waals surface area contributed by atoms with Crippen LogP contribution >= 0.6 is 23.2 Å². The Morgan fingerprint density at radius 1 is 1.04 bits per heavy atom. The van der Waals surface area contributed by atoms with Crippen molar-refractivity contribution < 1.29 is 9.53 Å². The molecule has 5 nitrogen and oxygen atoms in total. The molecule has 0 saturated carbocycles. The van der Waals surface area contributed by atoms with E-state index in [-0.39, 0.29) is 5.91 Å². The molecule has 26 heavy (non-hydrogen) atoms. The molecule has 0 bridgehead atoms. The Morgan fingerprint density at radius 3 is 2.50 bits per heavy atom. The smallest absolute Gasteiger partial charge is 0.255 e. The quantitative estimate of drug-likeness (QED) is 0.615. The normalized spacial score (nSPS) is 10.3. The van der Waals surface area contributed by atoms with Crippen molar-refractivity contribution in [2.75, 3.05) is 17.7 Å². The second-order valence-corrected chi connectivity index (χ2v) is 6.21. The number of halogens is 2. The van der Waals surface area contributed by atoms with Crippen LogP contribution in [0.3, 0.4) is 0 Å². The van der Waals surface area contributed by atoms with E-state index in [1.807, 2.05) is 6.07 Å². The van der Waals surface area contributed by atoms with Crippen LogP contribution in [0.5, 0.6) is 5.75 Å². The molecule has 3 aromatic rings. The molecular weight excluding hydrogens is 373 g/mol. The maximum absolute atomic E-state index is 12.2. The van der Waals surface area contributed by atoms with E-state index < -0.39 is 0 Å². The lowest BCUT2D eigenvalue weighted by molar-refractivity contribution is 0.102. The van der Waals surface area contributed by atoms with Crippen LogP contribution in [-0.2, 0) is 0 Å². The molecule has 0 saturated heterocycles. The minimum absolute atomic E-state index is 0.253. The zero-order valence-electron chi connectivity index (χ0n) is 13.8. The van der Waals surface area contributed by atoms with Crippen LogP contribution in [0.1, 0.15) is 10.4 Å². The van der Waals surface area contributed by atoms with E-state index in [1.165, 1.54) is 0 Å². The van der Waals surface area contributed by atoms with Crippen LogP contribution in [0, 0.1) is 0 Å². The van der Waals surface area contributed by atoms with Crippen LogP contribution in [-0.4, -0.2) is 18.0 Å². The van der Waals surface area contributed by atoms with E-state index in [2.05, 4.69) is 15.6 Å². The SMILES string of the molecule is COc1ccc(Nc2ccc(NC(=O)c3cccc(Cl)c3)cn2)cc1Cl. The highest BCUT2D eigenvalue weighted by Crippen LogP contribution is 2.28. The van der Waals surface area contributed by atoms with Crippen LogP contribution in [0.2, 0.25) is 10.0 Å². The van der Waals surface area contributed by atoms with Gasteiger partial charge in [-0.05, 0) is 48.5 Å². The summed E-state index contributed by atoms with van der Waals surface area (Å²) >= 11 is 12.0. The number of carbonyl (C=O) groups excluding carboxylic acids is 1. The fourth-order valence-corrected chi connectivity index (χ4v) is 2.71. The van der Waals surface area contributed by atoms with E-state index >= 15 is 0 Å². The van der Waals surface area contributed by atoms with Crippen LogP contribution in [0.15, 0.2) is 60.8 Å². The predicted molar refractivity (Wildman–Crippen MR) is 105 cm³/mol. The van der Waals surface area contributed by atoms with Crippen molar-refractivity contribution in [1.29, 1.82) is 0 Å². The summed E-state index contributed by atoms with van der Waals surface area (Å²) in [6.07, 6.45) is 1.57. The van der Waals surface area contributed by atoms with Gasteiger partial charge < -0.3 is 15.4 Å². The summed E-state index contributed by atoms with van der Waals surface area (Å²) in [5.74, 6) is 0.966. The van der Waals surface area contributed by atoms with Gasteiger partial charge in [0.1, 0.15) is 11.6 Å². The fraction of sp³-hybridized carbons (Fsp3) is 0.0526. The second-order valence-electron chi connectivity index (χ2n) is 5.37. The number of nitrogens with one attached hydrogen (secondary N) is 2. The average molecular weight is 388 g/mol. The summed E-state index contributed by atoms with van der Waals surface area (Å²) in [5.41, 5.74) is 1.83. The van der Waals surface area contributed by atoms with Gasteiger partial charge in [-0.2, -0.15) is 0 Å². The molecular formula is C19H15Cl2N3O2. The molecule has 132 valence electrons. The highest BCUT2D eigenvalue weighted by atomic mass is 35.5. The summed E-state index contributed by atoms with van der Waals surface area (Å²) in [5, 5.41) is 6.92. The highest BCUT2D eigenvalue weighted by molar-refractivity contribution is 6.32. The van der Waals surface area contributed by atoms with Crippen LogP contribution < -0.4 is 15.4 Å². The summed E-state index contributed by atoms with van der Waals surface area (Å²) < 4.78 is 5.12. The Hall–Kier alpha value is -2.76. The van der Waals surface area contributed by atoms with E-state index in [0.717, 1.165) is 5.69 Å². The number of anilines is 3. The summed E-state index contributed by atoms with van der Waals surface area (Å²) in [4.78, 5) is 16.5. The summed E-state index contributed by atoms with van der Waals surface area (Å²) in [7, 11) is 1.56. The minimum Gasteiger partial charge on any atom is -0.495 e. The molecule has 0 aliphatic heterocycles. The molecule has 0 spiro atoms. The van der Waals surface area contributed by atoms with E-state index in [0.29, 0.717) is 32.9 Å². The molecule has 7 heteroatoms. The number of rotatable bonds is 5. The van der Waals surface area contributed by atoms with E-state index in [1.54, 1.807) is 61.8 Å². The van der Waals surface area contributed by atoms with Crippen molar-refractivity contribution in [2.24, 2.45) is 0 Å². The van der Waals surface area contributed by atoms with E-state index in [9.17, 15) is 4.79 Å². The molecule has 1 heterocycles. The standard InChI is InChI=1S/C19H15Cl2N3O2/c1-26-17-7-5-14(10-16(17)21)23-18-8-6-15(11-22-18)24-19(25)12-3-2-4-13(20)9-12/h2-11H,1H3,(H,22,23)(H,24,25). The zero-order chi connectivity index (χ0) is 18.5. The number of carbonyl (C=O) groups is 1. The van der Waals surface area contributed by atoms with Gasteiger partial charge in [0.15, 0.2) is 0 Å². The van der Waals surface area contributed by atoms with Crippen molar-refractivity contribution in [3.63, 3.8) is 0 Å². The Labute approximate surface area is 160 Å². The number of amides is 1. The average Bonchev–Trinajstić information content (AvgIpc) is 2.63. The topological polar surface area (TPSA) is 63.2 Å². The number of benzene rings is 2. The number of pyridine rings is 1. The number of hydrogen-bond donors (Lipinski definition) is 2. The minimum atomic E-state index is -0.253. The Kier molecular flexibility index (Phi) is 5.61. The van der Waals surface area contributed by atoms with Crippen molar-refractivity contribution in [2.45, 2.75) is 0 Å². The summed E-state index contributed by atoms with van der Waals surface area (Å²) in [6, 6.07) is 15.6.